The number of rotatable bonds is 4. The molecule has 1 aromatic carbocycles. The summed E-state index contributed by atoms with van der Waals surface area (Å²) in [7, 11) is 1.66. The van der Waals surface area contributed by atoms with Crippen LogP contribution in [0.2, 0.25) is 0 Å². The van der Waals surface area contributed by atoms with Gasteiger partial charge in [0.15, 0.2) is 5.13 Å². The number of hydrogen-bond donors (Lipinski definition) is 1. The topological polar surface area (TPSA) is 61.0 Å². The lowest BCUT2D eigenvalue weighted by Gasteiger charge is -2.01. The Kier molecular flexibility index (Phi) is 3.36. The van der Waals surface area contributed by atoms with Crippen molar-refractivity contribution in [1.82, 2.24) is 9.36 Å². The van der Waals surface area contributed by atoms with Gasteiger partial charge in [-0.05, 0) is 24.1 Å². The molecular weight excluding hydrogens is 222 g/mol. The molecule has 0 aliphatic rings. The summed E-state index contributed by atoms with van der Waals surface area (Å²) in [6.45, 7) is 0. The van der Waals surface area contributed by atoms with E-state index in [1.165, 1.54) is 17.1 Å². The highest BCUT2D eigenvalue weighted by molar-refractivity contribution is 7.09. The molecule has 0 amide bonds. The molecule has 0 radical (unpaired) electrons. The van der Waals surface area contributed by atoms with Crippen LogP contribution in [-0.2, 0) is 12.8 Å². The molecule has 0 bridgehead atoms. The number of nitrogens with zero attached hydrogens (tertiary/aromatic N) is 2. The van der Waals surface area contributed by atoms with E-state index in [4.69, 9.17) is 10.5 Å². The number of ether oxygens (including phenoxy) is 1. The van der Waals surface area contributed by atoms with E-state index in [9.17, 15) is 0 Å². The molecule has 1 heterocycles. The van der Waals surface area contributed by atoms with Gasteiger partial charge in [0, 0.05) is 18.0 Å². The number of nitrogens with two attached hydrogens (primary N) is 1. The van der Waals surface area contributed by atoms with Gasteiger partial charge in [0.05, 0.1) is 7.11 Å². The number of anilines is 1. The molecule has 2 aromatic rings. The maximum atomic E-state index is 5.51. The third-order valence-electron chi connectivity index (χ3n) is 2.28. The fraction of sp³-hybridized carbons (Fsp3) is 0.273. The van der Waals surface area contributed by atoms with E-state index in [0.717, 1.165) is 24.4 Å². The lowest BCUT2D eigenvalue weighted by Crippen LogP contribution is -1.94. The SMILES string of the molecule is COc1ccc(CCc2nsc(N)n2)cc1. The van der Waals surface area contributed by atoms with Gasteiger partial charge in [-0.25, -0.2) is 4.98 Å². The minimum absolute atomic E-state index is 0.532. The molecule has 0 saturated carbocycles. The Hall–Kier alpha value is -1.62. The van der Waals surface area contributed by atoms with Gasteiger partial charge in [0.2, 0.25) is 0 Å². The van der Waals surface area contributed by atoms with Crippen LogP contribution in [0.1, 0.15) is 11.4 Å². The zero-order valence-corrected chi connectivity index (χ0v) is 9.83. The van der Waals surface area contributed by atoms with Crippen molar-refractivity contribution >= 4 is 16.7 Å². The van der Waals surface area contributed by atoms with Crippen molar-refractivity contribution in [2.24, 2.45) is 0 Å². The summed E-state index contributed by atoms with van der Waals surface area (Å²) in [6.07, 6.45) is 1.74. The Morgan fingerprint density at radius 3 is 2.56 bits per heavy atom. The molecule has 2 rings (SSSR count). The maximum Gasteiger partial charge on any atom is 0.199 e. The van der Waals surface area contributed by atoms with Crippen LogP contribution < -0.4 is 10.5 Å². The Bertz CT molecular complexity index is 453. The third kappa shape index (κ3) is 2.70. The lowest BCUT2D eigenvalue weighted by atomic mass is 10.1. The summed E-state index contributed by atoms with van der Waals surface area (Å²) in [6, 6.07) is 8.01. The molecule has 0 atom stereocenters. The minimum atomic E-state index is 0.532. The molecule has 0 fully saturated rings. The van der Waals surface area contributed by atoms with Crippen molar-refractivity contribution in [3.8, 4) is 5.75 Å². The smallest absolute Gasteiger partial charge is 0.199 e. The molecule has 0 aliphatic heterocycles. The van der Waals surface area contributed by atoms with Gasteiger partial charge in [-0.2, -0.15) is 4.37 Å². The summed E-state index contributed by atoms with van der Waals surface area (Å²) in [5, 5.41) is 0.532. The van der Waals surface area contributed by atoms with Crippen LogP contribution >= 0.6 is 11.5 Å². The van der Waals surface area contributed by atoms with Gasteiger partial charge in [-0.1, -0.05) is 12.1 Å². The minimum Gasteiger partial charge on any atom is -0.497 e. The highest BCUT2D eigenvalue weighted by Crippen LogP contribution is 2.13. The molecule has 0 saturated heterocycles. The summed E-state index contributed by atoms with van der Waals surface area (Å²) in [5.74, 6) is 1.69. The quantitative estimate of drug-likeness (QED) is 0.879. The van der Waals surface area contributed by atoms with E-state index in [0.29, 0.717) is 5.13 Å². The van der Waals surface area contributed by atoms with Crippen LogP contribution in [0.5, 0.6) is 5.75 Å². The van der Waals surface area contributed by atoms with Gasteiger partial charge in [-0.15, -0.1) is 0 Å². The van der Waals surface area contributed by atoms with Crippen LogP contribution in [0.3, 0.4) is 0 Å². The molecule has 0 unspecified atom stereocenters. The number of aryl methyl sites for hydroxylation is 2. The average Bonchev–Trinajstić information content (AvgIpc) is 2.73. The van der Waals surface area contributed by atoms with E-state index >= 15 is 0 Å². The van der Waals surface area contributed by atoms with Gasteiger partial charge in [-0.3, -0.25) is 0 Å². The van der Waals surface area contributed by atoms with E-state index in [2.05, 4.69) is 21.5 Å². The van der Waals surface area contributed by atoms with Crippen molar-refractivity contribution < 1.29 is 4.74 Å². The number of methoxy groups -OCH3 is 1. The second kappa shape index (κ2) is 4.94. The van der Waals surface area contributed by atoms with Crippen LogP contribution in [0.15, 0.2) is 24.3 Å². The zero-order valence-electron chi connectivity index (χ0n) is 9.01. The van der Waals surface area contributed by atoms with Crippen molar-refractivity contribution in [1.29, 1.82) is 0 Å². The van der Waals surface area contributed by atoms with Crippen molar-refractivity contribution in [2.45, 2.75) is 12.8 Å². The van der Waals surface area contributed by atoms with Gasteiger partial charge in [0.1, 0.15) is 11.6 Å². The Balaban J connectivity index is 1.94. The number of aromatic nitrogens is 2. The Labute approximate surface area is 98.3 Å². The molecule has 2 N–H and O–H groups in total. The Morgan fingerprint density at radius 2 is 2.00 bits per heavy atom. The first-order valence-corrected chi connectivity index (χ1v) is 5.76. The first kappa shape index (κ1) is 10.9. The normalized spacial score (nSPS) is 10.3. The molecule has 0 aliphatic carbocycles. The molecular formula is C11H13N3OS. The average molecular weight is 235 g/mol. The van der Waals surface area contributed by atoms with Gasteiger partial charge >= 0.3 is 0 Å². The second-order valence-electron chi connectivity index (χ2n) is 3.40. The summed E-state index contributed by atoms with van der Waals surface area (Å²) in [4.78, 5) is 4.12. The fourth-order valence-electron chi connectivity index (χ4n) is 1.42. The summed E-state index contributed by atoms with van der Waals surface area (Å²) >= 11 is 1.24. The van der Waals surface area contributed by atoms with Crippen LogP contribution in [0.25, 0.3) is 0 Å². The summed E-state index contributed by atoms with van der Waals surface area (Å²) in [5.41, 5.74) is 6.76. The predicted octanol–water partition coefficient (Wildman–Crippen LogP) is 1.91. The van der Waals surface area contributed by atoms with Crippen LogP contribution in [-0.4, -0.2) is 16.5 Å². The van der Waals surface area contributed by atoms with Gasteiger partial charge < -0.3 is 10.5 Å². The largest absolute Gasteiger partial charge is 0.497 e. The highest BCUT2D eigenvalue weighted by Gasteiger charge is 2.01. The van der Waals surface area contributed by atoms with Crippen molar-refractivity contribution in [3.05, 3.63) is 35.7 Å². The molecule has 84 valence electrons. The van der Waals surface area contributed by atoms with E-state index in [1.807, 2.05) is 12.1 Å². The maximum absolute atomic E-state index is 5.51. The molecule has 5 heteroatoms. The number of nitrogen functional groups attached to an aromatic ring is 1. The Morgan fingerprint density at radius 1 is 1.25 bits per heavy atom. The van der Waals surface area contributed by atoms with Crippen molar-refractivity contribution in [3.63, 3.8) is 0 Å². The number of hydrogen-bond acceptors (Lipinski definition) is 5. The summed E-state index contributed by atoms with van der Waals surface area (Å²) < 4.78 is 9.24. The number of benzene rings is 1. The van der Waals surface area contributed by atoms with E-state index in [-0.39, 0.29) is 0 Å². The predicted molar refractivity (Wildman–Crippen MR) is 64.7 cm³/mol. The highest BCUT2D eigenvalue weighted by atomic mass is 32.1. The lowest BCUT2D eigenvalue weighted by molar-refractivity contribution is 0.414. The second-order valence-corrected chi connectivity index (χ2v) is 4.18. The third-order valence-corrected chi connectivity index (χ3v) is 2.86. The van der Waals surface area contributed by atoms with Crippen LogP contribution in [0.4, 0.5) is 5.13 Å². The standard InChI is InChI=1S/C11H13N3OS/c1-15-9-5-2-8(3-6-9)4-7-10-13-11(12)16-14-10/h2-3,5-6H,4,7H2,1H3,(H2,12,13,14). The first-order valence-electron chi connectivity index (χ1n) is 4.99. The molecule has 0 spiro atoms. The monoisotopic (exact) mass is 235 g/mol. The van der Waals surface area contributed by atoms with Crippen molar-refractivity contribution in [2.75, 3.05) is 12.8 Å². The fourth-order valence-corrected chi connectivity index (χ4v) is 1.89. The van der Waals surface area contributed by atoms with E-state index < -0.39 is 0 Å². The first-order chi connectivity index (χ1) is 7.78. The molecule has 1 aromatic heterocycles. The van der Waals surface area contributed by atoms with Gasteiger partial charge in [0.25, 0.3) is 0 Å². The molecule has 16 heavy (non-hydrogen) atoms. The zero-order chi connectivity index (χ0) is 11.4. The van der Waals surface area contributed by atoms with Crippen LogP contribution in [0, 0.1) is 0 Å². The molecule has 4 nitrogen and oxygen atoms in total. The van der Waals surface area contributed by atoms with E-state index in [1.54, 1.807) is 7.11 Å².